The van der Waals surface area contributed by atoms with E-state index in [0.29, 0.717) is 10.9 Å². The van der Waals surface area contributed by atoms with Crippen LogP contribution in [0.3, 0.4) is 0 Å². The minimum Gasteiger partial charge on any atom is -0.273 e. The second kappa shape index (κ2) is 6.52. The molecular weight excluding hydrogens is 354 g/mol. The number of pyridine rings is 1. The van der Waals surface area contributed by atoms with Gasteiger partial charge in [0.05, 0.1) is 28.2 Å². The summed E-state index contributed by atoms with van der Waals surface area (Å²) in [6.45, 7) is 0. The van der Waals surface area contributed by atoms with E-state index in [1.54, 1.807) is 4.90 Å². The largest absolute Gasteiger partial charge is 0.273 e. The first-order valence-electron chi connectivity index (χ1n) is 8.68. The maximum atomic E-state index is 12.5. The molecule has 0 atom stereocenters. The van der Waals surface area contributed by atoms with Crippen molar-refractivity contribution in [2.24, 2.45) is 4.99 Å². The van der Waals surface area contributed by atoms with Gasteiger partial charge < -0.3 is 0 Å². The van der Waals surface area contributed by atoms with Crippen LogP contribution in [0, 0.1) is 0 Å². The number of hydrogen-bond donors (Lipinski definition) is 0. The van der Waals surface area contributed by atoms with Gasteiger partial charge in [0.25, 0.3) is 0 Å². The molecule has 1 amide bonds. The van der Waals surface area contributed by atoms with E-state index in [4.69, 9.17) is 9.98 Å². The fourth-order valence-corrected chi connectivity index (χ4v) is 4.18. The third-order valence-corrected chi connectivity index (χ3v) is 5.47. The fraction of sp³-hybridized carbons (Fsp3) is 0.0455. The zero-order valence-electron chi connectivity index (χ0n) is 14.4. The highest BCUT2D eigenvalue weighted by atomic mass is 32.2. The predicted molar refractivity (Wildman–Crippen MR) is 113 cm³/mol. The Morgan fingerprint density at radius 1 is 0.815 bits per heavy atom. The number of nitrogens with zero attached hydrogens (tertiary/aromatic N) is 3. The first-order valence-corrected chi connectivity index (χ1v) is 9.67. The summed E-state index contributed by atoms with van der Waals surface area (Å²) >= 11 is 1.47. The van der Waals surface area contributed by atoms with Crippen LogP contribution in [-0.4, -0.2) is 21.8 Å². The molecule has 4 nitrogen and oxygen atoms in total. The van der Waals surface area contributed by atoms with Gasteiger partial charge in [-0.25, -0.2) is 9.98 Å². The molecule has 0 radical (unpaired) electrons. The molecule has 1 aliphatic rings. The number of hydrogen-bond acceptors (Lipinski definition) is 4. The predicted octanol–water partition coefficient (Wildman–Crippen LogP) is 5.16. The topological polar surface area (TPSA) is 45.6 Å². The number of amides is 1. The van der Waals surface area contributed by atoms with Crippen molar-refractivity contribution in [3.05, 3.63) is 78.9 Å². The van der Waals surface area contributed by atoms with E-state index in [1.807, 2.05) is 78.9 Å². The molecule has 0 N–H and O–H groups in total. The molecule has 0 saturated carbocycles. The quantitative estimate of drug-likeness (QED) is 0.459. The normalized spacial score (nSPS) is 15.9. The number of benzene rings is 3. The van der Waals surface area contributed by atoms with Crippen LogP contribution >= 0.6 is 11.8 Å². The Bertz CT molecular complexity index is 1150. The van der Waals surface area contributed by atoms with E-state index in [0.717, 1.165) is 33.2 Å². The average Bonchev–Trinajstić information content (AvgIpc) is 3.08. The molecule has 130 valence electrons. The van der Waals surface area contributed by atoms with Gasteiger partial charge in [-0.1, -0.05) is 66.4 Å². The monoisotopic (exact) mass is 369 g/mol. The van der Waals surface area contributed by atoms with Crippen molar-refractivity contribution in [3.63, 3.8) is 0 Å². The lowest BCUT2D eigenvalue weighted by Gasteiger charge is -2.16. The summed E-state index contributed by atoms with van der Waals surface area (Å²) in [6.07, 6.45) is 0. The maximum absolute atomic E-state index is 12.5. The van der Waals surface area contributed by atoms with Crippen LogP contribution in [0.25, 0.3) is 21.8 Å². The van der Waals surface area contributed by atoms with E-state index >= 15 is 0 Å². The van der Waals surface area contributed by atoms with Gasteiger partial charge >= 0.3 is 0 Å². The lowest BCUT2D eigenvalue weighted by molar-refractivity contribution is -0.115. The molecule has 5 rings (SSSR count). The second-order valence-electron chi connectivity index (χ2n) is 6.24. The number of thioether (sulfide) groups is 1. The molecule has 1 aromatic heterocycles. The highest BCUT2D eigenvalue weighted by Crippen LogP contribution is 2.36. The van der Waals surface area contributed by atoms with Crippen molar-refractivity contribution in [2.45, 2.75) is 0 Å². The van der Waals surface area contributed by atoms with Crippen LogP contribution in [-0.2, 0) is 4.79 Å². The number of aromatic nitrogens is 1. The molecule has 0 spiro atoms. The van der Waals surface area contributed by atoms with E-state index in [-0.39, 0.29) is 5.91 Å². The third kappa shape index (κ3) is 2.76. The highest BCUT2D eigenvalue weighted by molar-refractivity contribution is 8.15. The van der Waals surface area contributed by atoms with Gasteiger partial charge in [-0.2, -0.15) is 0 Å². The number of carbonyl (C=O) groups is 1. The van der Waals surface area contributed by atoms with E-state index in [1.165, 1.54) is 11.8 Å². The Labute approximate surface area is 160 Å². The Hall–Kier alpha value is -3.18. The highest BCUT2D eigenvalue weighted by Gasteiger charge is 2.30. The first-order chi connectivity index (χ1) is 13.3. The summed E-state index contributed by atoms with van der Waals surface area (Å²) in [4.78, 5) is 23.9. The molecule has 1 fully saturated rings. The van der Waals surface area contributed by atoms with Crippen LogP contribution in [0.5, 0.6) is 0 Å². The van der Waals surface area contributed by atoms with Crippen molar-refractivity contribution in [2.75, 3.05) is 10.7 Å². The molecule has 0 bridgehead atoms. The molecular formula is C22H15N3OS. The summed E-state index contributed by atoms with van der Waals surface area (Å²) < 4.78 is 0. The summed E-state index contributed by atoms with van der Waals surface area (Å²) in [5.74, 6) is 0.446. The smallest absolute Gasteiger partial charge is 0.243 e. The SMILES string of the molecule is O=C1CSC(=Nc2c3ccccc3nc3ccccc23)N1c1ccccc1. The summed E-state index contributed by atoms with van der Waals surface area (Å²) in [5.41, 5.74) is 3.50. The molecule has 0 unspecified atom stereocenters. The number of rotatable bonds is 2. The van der Waals surface area contributed by atoms with Gasteiger partial charge in [0.15, 0.2) is 5.17 Å². The Morgan fingerprint density at radius 2 is 1.41 bits per heavy atom. The zero-order valence-corrected chi connectivity index (χ0v) is 15.2. The first kappa shape index (κ1) is 16.0. The van der Waals surface area contributed by atoms with Crippen molar-refractivity contribution in [1.82, 2.24) is 4.98 Å². The Morgan fingerprint density at radius 3 is 2.07 bits per heavy atom. The Kier molecular flexibility index (Phi) is 3.87. The van der Waals surface area contributed by atoms with Crippen molar-refractivity contribution in [3.8, 4) is 0 Å². The van der Waals surface area contributed by atoms with Crippen molar-refractivity contribution in [1.29, 1.82) is 0 Å². The average molecular weight is 369 g/mol. The fourth-order valence-electron chi connectivity index (χ4n) is 3.31. The lowest BCUT2D eigenvalue weighted by atomic mass is 10.1. The molecule has 27 heavy (non-hydrogen) atoms. The Balaban J connectivity index is 1.76. The number of fused-ring (bicyclic) bond motifs is 2. The minimum absolute atomic E-state index is 0.0487. The van der Waals surface area contributed by atoms with Gasteiger partial charge in [0, 0.05) is 10.8 Å². The minimum atomic E-state index is 0.0487. The standard InChI is InChI=1S/C22H15N3OS/c26-20-14-27-22(25(20)15-8-2-1-3-9-15)24-21-16-10-4-6-12-18(16)23-19-13-7-5-11-17(19)21/h1-13H,14H2. The van der Waals surface area contributed by atoms with Crippen molar-refractivity contribution < 1.29 is 4.79 Å². The van der Waals surface area contributed by atoms with Crippen LogP contribution in [0.1, 0.15) is 0 Å². The number of carbonyl (C=O) groups excluding carboxylic acids is 1. The van der Waals surface area contributed by atoms with Crippen LogP contribution in [0.2, 0.25) is 0 Å². The van der Waals surface area contributed by atoms with E-state index < -0.39 is 0 Å². The summed E-state index contributed by atoms with van der Waals surface area (Å²) in [7, 11) is 0. The van der Waals surface area contributed by atoms with E-state index in [2.05, 4.69) is 0 Å². The number of aliphatic imine (C=N–C) groups is 1. The number of para-hydroxylation sites is 3. The molecule has 5 heteroatoms. The lowest BCUT2D eigenvalue weighted by Crippen LogP contribution is -2.28. The van der Waals surface area contributed by atoms with Crippen LogP contribution < -0.4 is 4.90 Å². The molecule has 1 aliphatic heterocycles. The maximum Gasteiger partial charge on any atom is 0.243 e. The van der Waals surface area contributed by atoms with Gasteiger partial charge in [-0.15, -0.1) is 0 Å². The second-order valence-corrected chi connectivity index (χ2v) is 7.18. The molecule has 4 aromatic rings. The van der Waals surface area contributed by atoms with Gasteiger partial charge in [-0.3, -0.25) is 9.69 Å². The summed E-state index contributed by atoms with van der Waals surface area (Å²) in [5, 5.41) is 2.67. The van der Waals surface area contributed by atoms with Gasteiger partial charge in [-0.05, 0) is 24.3 Å². The van der Waals surface area contributed by atoms with Gasteiger partial charge in [0.2, 0.25) is 5.91 Å². The number of anilines is 1. The summed E-state index contributed by atoms with van der Waals surface area (Å²) in [6, 6.07) is 25.7. The van der Waals surface area contributed by atoms with Crippen LogP contribution in [0.4, 0.5) is 11.4 Å². The molecule has 0 aliphatic carbocycles. The molecule has 1 saturated heterocycles. The van der Waals surface area contributed by atoms with Crippen molar-refractivity contribution >= 4 is 56.0 Å². The number of amidine groups is 1. The molecule has 2 heterocycles. The van der Waals surface area contributed by atoms with Gasteiger partial charge in [0.1, 0.15) is 0 Å². The molecule has 3 aromatic carbocycles. The zero-order chi connectivity index (χ0) is 18.2. The van der Waals surface area contributed by atoms with Crippen LogP contribution in [0.15, 0.2) is 83.9 Å². The third-order valence-electron chi connectivity index (χ3n) is 4.55. The van der Waals surface area contributed by atoms with E-state index in [9.17, 15) is 4.79 Å².